The van der Waals surface area contributed by atoms with Gasteiger partial charge in [-0.3, -0.25) is 0 Å². The van der Waals surface area contributed by atoms with E-state index in [-0.39, 0.29) is 16.9 Å². The molecule has 170 valence electrons. The Balaban J connectivity index is 1.38. The standard InChI is InChI=1S/C22H24N8O2S/c1-11-15-17-24-20(27-29(17)10-23-18(15)33-16(11)19(31)32-3)21-5-13-4-14(6-21)8-22(7-13,9-21)30-26-12(2)25-28-30/h10,13-14H,4-9H2,1-3H3/t13-,14-,21?,22?/m0/s1. The number of hydrogen-bond acceptors (Lipinski definition) is 9. The third-order valence-corrected chi connectivity index (χ3v) is 9.26. The molecule has 0 radical (unpaired) electrons. The Morgan fingerprint density at radius 3 is 2.67 bits per heavy atom. The summed E-state index contributed by atoms with van der Waals surface area (Å²) in [6.07, 6.45) is 8.32. The summed E-state index contributed by atoms with van der Waals surface area (Å²) in [7, 11) is 1.40. The smallest absolute Gasteiger partial charge is 0.348 e. The van der Waals surface area contributed by atoms with Crippen LogP contribution < -0.4 is 0 Å². The number of ether oxygens (including phenoxy) is 1. The van der Waals surface area contributed by atoms with Crippen molar-refractivity contribution in [1.82, 2.24) is 39.8 Å². The monoisotopic (exact) mass is 464 g/mol. The van der Waals surface area contributed by atoms with E-state index in [0.29, 0.717) is 22.5 Å². The van der Waals surface area contributed by atoms with Crippen LogP contribution in [0.5, 0.6) is 0 Å². The minimum atomic E-state index is -0.341. The lowest BCUT2D eigenvalue weighted by Crippen LogP contribution is -2.59. The molecule has 4 aromatic heterocycles. The van der Waals surface area contributed by atoms with Crippen LogP contribution in [0.3, 0.4) is 0 Å². The van der Waals surface area contributed by atoms with Gasteiger partial charge in [-0.15, -0.1) is 26.6 Å². The van der Waals surface area contributed by atoms with Crippen LogP contribution in [-0.4, -0.2) is 52.9 Å². The average molecular weight is 465 g/mol. The zero-order chi connectivity index (χ0) is 22.5. The van der Waals surface area contributed by atoms with Gasteiger partial charge in [0.15, 0.2) is 17.3 Å². The highest BCUT2D eigenvalue weighted by molar-refractivity contribution is 7.20. The molecule has 33 heavy (non-hydrogen) atoms. The van der Waals surface area contributed by atoms with Gasteiger partial charge in [0, 0.05) is 5.41 Å². The van der Waals surface area contributed by atoms with Crippen LogP contribution in [0.15, 0.2) is 6.33 Å². The van der Waals surface area contributed by atoms with Crippen LogP contribution >= 0.6 is 11.3 Å². The molecule has 10 nitrogen and oxygen atoms in total. The normalized spacial score (nSPS) is 30.5. The topological polar surface area (TPSA) is 113 Å². The van der Waals surface area contributed by atoms with Crippen molar-refractivity contribution < 1.29 is 9.53 Å². The second-order valence-electron chi connectivity index (χ2n) is 10.3. The maximum atomic E-state index is 12.2. The van der Waals surface area contributed by atoms with E-state index in [9.17, 15) is 4.79 Å². The van der Waals surface area contributed by atoms with Crippen molar-refractivity contribution in [3.05, 3.63) is 28.4 Å². The molecule has 0 N–H and O–H groups in total. The van der Waals surface area contributed by atoms with E-state index < -0.39 is 0 Å². The molecule has 0 unspecified atom stereocenters. The molecule has 4 aromatic rings. The predicted molar refractivity (Wildman–Crippen MR) is 119 cm³/mol. The molecule has 0 aliphatic heterocycles. The molecular weight excluding hydrogens is 440 g/mol. The average Bonchev–Trinajstić information content (AvgIpc) is 3.49. The number of esters is 1. The van der Waals surface area contributed by atoms with E-state index in [1.807, 2.05) is 18.6 Å². The van der Waals surface area contributed by atoms with E-state index in [1.165, 1.54) is 24.9 Å². The summed E-state index contributed by atoms with van der Waals surface area (Å²) in [6, 6.07) is 0. The highest BCUT2D eigenvalue weighted by atomic mass is 32.1. The van der Waals surface area contributed by atoms with Crippen LogP contribution in [0.25, 0.3) is 15.9 Å². The minimum Gasteiger partial charge on any atom is -0.465 e. The first kappa shape index (κ1) is 19.5. The molecular formula is C22H24N8O2S. The van der Waals surface area contributed by atoms with Gasteiger partial charge in [0.25, 0.3) is 0 Å². The molecule has 0 saturated heterocycles. The number of rotatable bonds is 3. The molecule has 0 aromatic carbocycles. The molecule has 0 amide bonds. The molecule has 0 spiro atoms. The van der Waals surface area contributed by atoms with Crippen molar-refractivity contribution in [2.45, 2.75) is 63.3 Å². The fourth-order valence-electron chi connectivity index (χ4n) is 7.24. The first-order valence-corrected chi connectivity index (χ1v) is 12.2. The number of nitrogens with zero attached hydrogens (tertiary/aromatic N) is 8. The molecule has 4 aliphatic rings. The van der Waals surface area contributed by atoms with Gasteiger partial charge in [-0.25, -0.2) is 19.3 Å². The highest BCUT2D eigenvalue weighted by Crippen LogP contribution is 2.64. The summed E-state index contributed by atoms with van der Waals surface area (Å²) in [6.45, 7) is 3.83. The van der Waals surface area contributed by atoms with Crippen molar-refractivity contribution in [2.24, 2.45) is 11.8 Å². The van der Waals surface area contributed by atoms with Gasteiger partial charge in [-0.05, 0) is 75.0 Å². The Morgan fingerprint density at radius 1 is 1.18 bits per heavy atom. The van der Waals surface area contributed by atoms with Gasteiger partial charge in [-0.1, -0.05) is 0 Å². The fraction of sp³-hybridized carbons (Fsp3) is 0.591. The summed E-state index contributed by atoms with van der Waals surface area (Å²) >= 11 is 1.35. The number of carbonyl (C=O) groups is 1. The van der Waals surface area contributed by atoms with Crippen LogP contribution in [0, 0.1) is 25.7 Å². The number of thiophene rings is 1. The van der Waals surface area contributed by atoms with E-state index in [0.717, 1.165) is 59.4 Å². The van der Waals surface area contributed by atoms with Crippen LogP contribution in [0.2, 0.25) is 0 Å². The molecule has 2 atom stereocenters. The molecule has 4 bridgehead atoms. The van der Waals surface area contributed by atoms with Crippen molar-refractivity contribution in [1.29, 1.82) is 0 Å². The Hall–Kier alpha value is -2.95. The molecule has 8 rings (SSSR count). The first-order valence-electron chi connectivity index (χ1n) is 11.4. The zero-order valence-corrected chi connectivity index (χ0v) is 19.6. The van der Waals surface area contributed by atoms with E-state index in [2.05, 4.69) is 20.4 Å². The van der Waals surface area contributed by atoms with Crippen molar-refractivity contribution in [3.63, 3.8) is 0 Å². The Labute approximate surface area is 193 Å². The van der Waals surface area contributed by atoms with Crippen molar-refractivity contribution >= 4 is 33.2 Å². The number of aromatic nitrogens is 8. The van der Waals surface area contributed by atoms with Crippen molar-refractivity contribution in [2.75, 3.05) is 7.11 Å². The molecule has 4 aliphatic carbocycles. The molecule has 11 heteroatoms. The molecule has 4 heterocycles. The lowest BCUT2D eigenvalue weighted by atomic mass is 9.46. The third-order valence-electron chi connectivity index (χ3n) is 8.08. The highest BCUT2D eigenvalue weighted by Gasteiger charge is 2.61. The summed E-state index contributed by atoms with van der Waals surface area (Å²) in [5.74, 6) is 2.50. The van der Waals surface area contributed by atoms with E-state index in [1.54, 1.807) is 10.8 Å². The van der Waals surface area contributed by atoms with Gasteiger partial charge in [0.2, 0.25) is 0 Å². The number of tetrazole rings is 1. The molecule has 4 fully saturated rings. The third kappa shape index (κ3) is 2.56. The van der Waals surface area contributed by atoms with Gasteiger partial charge < -0.3 is 4.74 Å². The van der Waals surface area contributed by atoms with Crippen LogP contribution in [-0.2, 0) is 15.7 Å². The zero-order valence-electron chi connectivity index (χ0n) is 18.8. The van der Waals surface area contributed by atoms with Crippen molar-refractivity contribution in [3.8, 4) is 0 Å². The minimum absolute atomic E-state index is 0.0981. The van der Waals surface area contributed by atoms with Crippen LogP contribution in [0.4, 0.5) is 0 Å². The first-order chi connectivity index (χ1) is 15.9. The Bertz CT molecular complexity index is 1440. The summed E-state index contributed by atoms with van der Waals surface area (Å²) in [5.41, 5.74) is 1.41. The predicted octanol–water partition coefficient (Wildman–Crippen LogP) is 2.98. The Kier molecular flexibility index (Phi) is 3.75. The largest absolute Gasteiger partial charge is 0.465 e. The van der Waals surface area contributed by atoms with Gasteiger partial charge in [0.05, 0.1) is 18.0 Å². The summed E-state index contributed by atoms with van der Waals surface area (Å²) in [4.78, 5) is 25.2. The second kappa shape index (κ2) is 6.34. The van der Waals surface area contributed by atoms with Gasteiger partial charge >= 0.3 is 5.97 Å². The lowest BCUT2D eigenvalue weighted by Gasteiger charge is -2.60. The maximum Gasteiger partial charge on any atom is 0.348 e. The van der Waals surface area contributed by atoms with Crippen LogP contribution in [0.1, 0.15) is 65.4 Å². The number of aryl methyl sites for hydroxylation is 2. The fourth-order valence-corrected chi connectivity index (χ4v) is 8.30. The number of hydrogen-bond donors (Lipinski definition) is 0. The Morgan fingerprint density at radius 2 is 1.97 bits per heavy atom. The summed E-state index contributed by atoms with van der Waals surface area (Å²) < 4.78 is 6.74. The summed E-state index contributed by atoms with van der Waals surface area (Å²) in [5, 5.41) is 19.1. The number of methoxy groups -OCH3 is 1. The van der Waals surface area contributed by atoms with Gasteiger partial charge in [-0.2, -0.15) is 4.80 Å². The maximum absolute atomic E-state index is 12.2. The van der Waals surface area contributed by atoms with E-state index >= 15 is 0 Å². The quantitative estimate of drug-likeness (QED) is 0.425. The van der Waals surface area contributed by atoms with E-state index in [4.69, 9.17) is 14.8 Å². The number of carbonyl (C=O) groups excluding carboxylic acids is 1. The lowest BCUT2D eigenvalue weighted by molar-refractivity contribution is -0.0785. The number of fused-ring (bicyclic) bond motifs is 3. The SMILES string of the molecule is COC(=O)c1sc2ncn3nc(C45C[C@@H]6C[C@@H](C4)CC(n4nnc(C)n4)(C6)C5)nc3c2c1C. The second-order valence-corrected chi connectivity index (χ2v) is 11.3. The molecule has 4 saturated carbocycles. The van der Waals surface area contributed by atoms with Gasteiger partial charge in [0.1, 0.15) is 16.0 Å².